The number of piperidine rings is 1. The molecular formula is C17H31NO. The highest BCUT2D eigenvalue weighted by Crippen LogP contribution is 2.33. The molecule has 0 aromatic heterocycles. The van der Waals surface area contributed by atoms with E-state index in [0.29, 0.717) is 17.1 Å². The Balaban J connectivity index is 1.82. The molecule has 110 valence electrons. The summed E-state index contributed by atoms with van der Waals surface area (Å²) in [6.07, 6.45) is 8.30. The fourth-order valence-electron chi connectivity index (χ4n) is 3.70. The number of Topliss-reactive ketones (excluding diaryl/α,β-unsaturated/α-hetero) is 1. The molecule has 1 aliphatic carbocycles. The predicted molar refractivity (Wildman–Crippen MR) is 80.2 cm³/mol. The van der Waals surface area contributed by atoms with Gasteiger partial charge >= 0.3 is 0 Å². The zero-order valence-corrected chi connectivity index (χ0v) is 13.1. The Labute approximate surface area is 118 Å². The van der Waals surface area contributed by atoms with Crippen molar-refractivity contribution in [3.8, 4) is 0 Å². The molecule has 2 rings (SSSR count). The van der Waals surface area contributed by atoms with Gasteiger partial charge in [-0.3, -0.25) is 4.79 Å². The fourth-order valence-corrected chi connectivity index (χ4v) is 3.70. The minimum Gasteiger partial charge on any atom is -0.303 e. The van der Waals surface area contributed by atoms with Crippen LogP contribution in [0.1, 0.15) is 65.7 Å². The van der Waals surface area contributed by atoms with Crippen LogP contribution < -0.4 is 0 Å². The smallest absolute Gasteiger partial charge is 0.137 e. The van der Waals surface area contributed by atoms with Crippen LogP contribution in [0.25, 0.3) is 0 Å². The van der Waals surface area contributed by atoms with Crippen molar-refractivity contribution in [2.45, 2.75) is 65.7 Å². The standard InChI is InChI=1S/C17H31NO/c1-4-5-14-6-7-16(19)15(12-14)13-18-10-8-17(2,3)9-11-18/h14-15H,4-13H2,1-3H3. The van der Waals surface area contributed by atoms with Gasteiger partial charge in [0.05, 0.1) is 0 Å². The Morgan fingerprint density at radius 3 is 2.58 bits per heavy atom. The average molecular weight is 265 g/mol. The van der Waals surface area contributed by atoms with Gasteiger partial charge in [-0.25, -0.2) is 0 Å². The largest absolute Gasteiger partial charge is 0.303 e. The first-order valence-corrected chi connectivity index (χ1v) is 8.25. The SMILES string of the molecule is CCCC1CCC(=O)C(CN2CCC(C)(C)CC2)C1. The lowest BCUT2D eigenvalue weighted by molar-refractivity contribution is -0.126. The predicted octanol–water partition coefficient (Wildman–Crippen LogP) is 3.89. The summed E-state index contributed by atoms with van der Waals surface area (Å²) in [6, 6.07) is 0. The maximum Gasteiger partial charge on any atom is 0.137 e. The van der Waals surface area contributed by atoms with Gasteiger partial charge in [-0.15, -0.1) is 0 Å². The lowest BCUT2D eigenvalue weighted by Gasteiger charge is -2.39. The Bertz CT molecular complexity index is 300. The topological polar surface area (TPSA) is 20.3 Å². The molecule has 1 saturated carbocycles. The third kappa shape index (κ3) is 4.30. The second kappa shape index (κ2) is 6.39. The van der Waals surface area contributed by atoms with Crippen molar-refractivity contribution in [3.05, 3.63) is 0 Å². The number of nitrogens with zero attached hydrogens (tertiary/aromatic N) is 1. The number of hydrogen-bond acceptors (Lipinski definition) is 2. The average Bonchev–Trinajstić information content (AvgIpc) is 2.36. The van der Waals surface area contributed by atoms with Crippen LogP contribution in [-0.4, -0.2) is 30.3 Å². The van der Waals surface area contributed by atoms with E-state index in [2.05, 4.69) is 25.7 Å². The van der Waals surface area contributed by atoms with Crippen LogP contribution in [0.2, 0.25) is 0 Å². The fraction of sp³-hybridized carbons (Fsp3) is 0.941. The lowest BCUT2D eigenvalue weighted by atomic mass is 9.77. The first kappa shape index (κ1) is 15.0. The molecular weight excluding hydrogens is 234 g/mol. The quantitative estimate of drug-likeness (QED) is 0.768. The summed E-state index contributed by atoms with van der Waals surface area (Å²) in [7, 11) is 0. The van der Waals surface area contributed by atoms with Gasteiger partial charge in [0.25, 0.3) is 0 Å². The molecule has 1 aliphatic heterocycles. The van der Waals surface area contributed by atoms with Crippen LogP contribution >= 0.6 is 0 Å². The normalized spacial score (nSPS) is 32.5. The molecule has 0 aromatic carbocycles. The monoisotopic (exact) mass is 265 g/mol. The van der Waals surface area contributed by atoms with Crippen molar-refractivity contribution in [1.29, 1.82) is 0 Å². The summed E-state index contributed by atoms with van der Waals surface area (Å²) in [6.45, 7) is 10.4. The van der Waals surface area contributed by atoms with Crippen molar-refractivity contribution in [2.75, 3.05) is 19.6 Å². The van der Waals surface area contributed by atoms with E-state index in [9.17, 15) is 4.79 Å². The molecule has 2 aliphatic rings. The van der Waals surface area contributed by atoms with E-state index in [4.69, 9.17) is 0 Å². The molecule has 2 heteroatoms. The number of carbonyl (C=O) groups is 1. The van der Waals surface area contributed by atoms with Crippen LogP contribution in [0.15, 0.2) is 0 Å². The summed E-state index contributed by atoms with van der Waals surface area (Å²) in [4.78, 5) is 14.7. The summed E-state index contributed by atoms with van der Waals surface area (Å²) in [5.41, 5.74) is 0.512. The minimum absolute atomic E-state index is 0.339. The highest BCUT2D eigenvalue weighted by atomic mass is 16.1. The third-order valence-corrected chi connectivity index (χ3v) is 5.26. The molecule has 2 nitrogen and oxygen atoms in total. The molecule has 2 unspecified atom stereocenters. The van der Waals surface area contributed by atoms with Gasteiger partial charge in [-0.2, -0.15) is 0 Å². The van der Waals surface area contributed by atoms with Crippen molar-refractivity contribution >= 4 is 5.78 Å². The number of rotatable bonds is 4. The second-order valence-electron chi connectivity index (χ2n) is 7.56. The van der Waals surface area contributed by atoms with Crippen molar-refractivity contribution in [2.24, 2.45) is 17.3 Å². The van der Waals surface area contributed by atoms with Crippen molar-refractivity contribution in [1.82, 2.24) is 4.90 Å². The van der Waals surface area contributed by atoms with E-state index in [0.717, 1.165) is 31.7 Å². The molecule has 0 aromatic rings. The van der Waals surface area contributed by atoms with Gasteiger partial charge in [-0.1, -0.05) is 33.6 Å². The van der Waals surface area contributed by atoms with Gasteiger partial charge in [-0.05, 0) is 50.1 Å². The Morgan fingerprint density at radius 1 is 1.26 bits per heavy atom. The van der Waals surface area contributed by atoms with Gasteiger partial charge in [0.15, 0.2) is 0 Å². The zero-order chi connectivity index (χ0) is 13.9. The van der Waals surface area contributed by atoms with E-state index >= 15 is 0 Å². The van der Waals surface area contributed by atoms with Crippen molar-refractivity contribution < 1.29 is 4.79 Å². The summed E-state index contributed by atoms with van der Waals surface area (Å²) >= 11 is 0. The van der Waals surface area contributed by atoms with E-state index in [1.165, 1.54) is 38.8 Å². The van der Waals surface area contributed by atoms with Crippen LogP contribution in [0.4, 0.5) is 0 Å². The maximum atomic E-state index is 12.1. The van der Waals surface area contributed by atoms with E-state index < -0.39 is 0 Å². The van der Waals surface area contributed by atoms with Gasteiger partial charge in [0, 0.05) is 18.9 Å². The van der Waals surface area contributed by atoms with Crippen molar-refractivity contribution in [3.63, 3.8) is 0 Å². The molecule has 1 saturated heterocycles. The highest BCUT2D eigenvalue weighted by Gasteiger charge is 2.32. The van der Waals surface area contributed by atoms with E-state index in [1.54, 1.807) is 0 Å². The molecule has 1 heterocycles. The second-order valence-corrected chi connectivity index (χ2v) is 7.56. The number of likely N-dealkylation sites (tertiary alicyclic amines) is 1. The maximum absolute atomic E-state index is 12.1. The Morgan fingerprint density at radius 2 is 1.95 bits per heavy atom. The van der Waals surface area contributed by atoms with Crippen LogP contribution in [-0.2, 0) is 4.79 Å². The summed E-state index contributed by atoms with van der Waals surface area (Å²) < 4.78 is 0. The Kier molecular flexibility index (Phi) is 5.05. The first-order valence-electron chi connectivity index (χ1n) is 8.25. The highest BCUT2D eigenvalue weighted by molar-refractivity contribution is 5.81. The van der Waals surface area contributed by atoms with Gasteiger partial charge in [0.2, 0.25) is 0 Å². The molecule has 2 atom stereocenters. The van der Waals surface area contributed by atoms with Crippen LogP contribution in [0, 0.1) is 17.3 Å². The number of carbonyl (C=O) groups excluding carboxylic acids is 1. The van der Waals surface area contributed by atoms with E-state index in [-0.39, 0.29) is 0 Å². The first-order chi connectivity index (χ1) is 9.00. The molecule has 0 spiro atoms. The number of hydrogen-bond donors (Lipinski definition) is 0. The third-order valence-electron chi connectivity index (χ3n) is 5.26. The summed E-state index contributed by atoms with van der Waals surface area (Å²) in [5.74, 6) is 1.69. The molecule has 0 bridgehead atoms. The molecule has 0 N–H and O–H groups in total. The Hall–Kier alpha value is -0.370. The minimum atomic E-state index is 0.339. The zero-order valence-electron chi connectivity index (χ0n) is 13.1. The molecule has 19 heavy (non-hydrogen) atoms. The molecule has 0 amide bonds. The lowest BCUT2D eigenvalue weighted by Crippen LogP contribution is -2.42. The molecule has 2 fully saturated rings. The van der Waals surface area contributed by atoms with Crippen LogP contribution in [0.3, 0.4) is 0 Å². The summed E-state index contributed by atoms with van der Waals surface area (Å²) in [5, 5.41) is 0. The van der Waals surface area contributed by atoms with Crippen LogP contribution in [0.5, 0.6) is 0 Å². The number of ketones is 1. The van der Waals surface area contributed by atoms with Gasteiger partial charge < -0.3 is 4.90 Å². The molecule has 0 radical (unpaired) electrons. The van der Waals surface area contributed by atoms with Gasteiger partial charge in [0.1, 0.15) is 5.78 Å². The van der Waals surface area contributed by atoms with E-state index in [1.807, 2.05) is 0 Å².